The van der Waals surface area contributed by atoms with Crippen molar-refractivity contribution in [2.45, 2.75) is 51.6 Å². The maximum absolute atomic E-state index is 4.12. The molecule has 0 saturated carbocycles. The molecule has 0 radical (unpaired) electrons. The summed E-state index contributed by atoms with van der Waals surface area (Å²) in [6, 6.07) is 5.84. The summed E-state index contributed by atoms with van der Waals surface area (Å²) in [5.74, 6) is 0.741. The molecule has 0 spiro atoms. The average Bonchev–Trinajstić information content (AvgIpc) is 2.53. The van der Waals surface area contributed by atoms with Crippen LogP contribution in [0.25, 0.3) is 0 Å². The van der Waals surface area contributed by atoms with Gasteiger partial charge in [-0.2, -0.15) is 0 Å². The van der Waals surface area contributed by atoms with Gasteiger partial charge in [-0.1, -0.05) is 20.3 Å². The fourth-order valence-corrected chi connectivity index (χ4v) is 3.98. The SMILES string of the molecule is CC(C)C1CN2CCCCC2CN1CCc1ccncc1. The highest BCUT2D eigenvalue weighted by atomic mass is 15.3. The maximum atomic E-state index is 4.12. The Morgan fingerprint density at radius 2 is 2.00 bits per heavy atom. The van der Waals surface area contributed by atoms with Crippen LogP contribution in [0.5, 0.6) is 0 Å². The van der Waals surface area contributed by atoms with Crippen LogP contribution in [-0.2, 0) is 6.42 Å². The van der Waals surface area contributed by atoms with Crippen LogP contribution in [0.15, 0.2) is 24.5 Å². The van der Waals surface area contributed by atoms with Crippen LogP contribution < -0.4 is 0 Å². The van der Waals surface area contributed by atoms with E-state index in [0.29, 0.717) is 0 Å². The first-order valence-corrected chi connectivity index (χ1v) is 8.61. The van der Waals surface area contributed by atoms with E-state index in [1.165, 1.54) is 51.0 Å². The van der Waals surface area contributed by atoms with Crippen molar-refractivity contribution in [2.75, 3.05) is 26.2 Å². The molecule has 116 valence electrons. The first-order chi connectivity index (χ1) is 10.2. The lowest BCUT2D eigenvalue weighted by Crippen LogP contribution is -2.61. The number of fused-ring (bicyclic) bond motifs is 1. The highest BCUT2D eigenvalue weighted by Crippen LogP contribution is 2.27. The molecule has 2 saturated heterocycles. The number of hydrogen-bond acceptors (Lipinski definition) is 3. The van der Waals surface area contributed by atoms with Crippen LogP contribution in [0.2, 0.25) is 0 Å². The predicted octanol–water partition coefficient (Wildman–Crippen LogP) is 2.82. The topological polar surface area (TPSA) is 19.4 Å². The molecule has 2 unspecified atom stereocenters. The summed E-state index contributed by atoms with van der Waals surface area (Å²) < 4.78 is 0. The van der Waals surface area contributed by atoms with Gasteiger partial charge >= 0.3 is 0 Å². The van der Waals surface area contributed by atoms with Gasteiger partial charge in [0.25, 0.3) is 0 Å². The largest absolute Gasteiger partial charge is 0.298 e. The minimum absolute atomic E-state index is 0.723. The van der Waals surface area contributed by atoms with Gasteiger partial charge in [0.1, 0.15) is 0 Å². The van der Waals surface area contributed by atoms with Gasteiger partial charge in [-0.3, -0.25) is 14.8 Å². The third kappa shape index (κ3) is 3.64. The van der Waals surface area contributed by atoms with Gasteiger partial charge in [-0.25, -0.2) is 0 Å². The van der Waals surface area contributed by atoms with Crippen molar-refractivity contribution >= 4 is 0 Å². The predicted molar refractivity (Wildman–Crippen MR) is 87.4 cm³/mol. The van der Waals surface area contributed by atoms with Crippen molar-refractivity contribution in [3.63, 3.8) is 0 Å². The highest BCUT2D eigenvalue weighted by molar-refractivity contribution is 5.10. The van der Waals surface area contributed by atoms with E-state index in [0.717, 1.165) is 24.4 Å². The molecular formula is C18H29N3. The van der Waals surface area contributed by atoms with E-state index in [9.17, 15) is 0 Å². The molecule has 0 aliphatic carbocycles. The van der Waals surface area contributed by atoms with Crippen molar-refractivity contribution in [1.29, 1.82) is 0 Å². The van der Waals surface area contributed by atoms with Crippen LogP contribution in [0.4, 0.5) is 0 Å². The molecule has 2 fully saturated rings. The zero-order valence-electron chi connectivity index (χ0n) is 13.5. The minimum Gasteiger partial charge on any atom is -0.298 e. The van der Waals surface area contributed by atoms with E-state index in [-0.39, 0.29) is 0 Å². The minimum atomic E-state index is 0.723. The molecule has 3 rings (SSSR count). The summed E-state index contributed by atoms with van der Waals surface area (Å²) in [6.07, 6.45) is 9.20. The molecule has 2 aliphatic rings. The van der Waals surface area contributed by atoms with Gasteiger partial charge in [0.05, 0.1) is 0 Å². The molecule has 1 aromatic rings. The zero-order chi connectivity index (χ0) is 14.7. The van der Waals surface area contributed by atoms with Crippen LogP contribution in [-0.4, -0.2) is 53.0 Å². The van der Waals surface area contributed by atoms with E-state index in [1.807, 2.05) is 12.4 Å². The summed E-state index contributed by atoms with van der Waals surface area (Å²) in [7, 11) is 0. The second-order valence-corrected chi connectivity index (χ2v) is 7.06. The van der Waals surface area contributed by atoms with Crippen molar-refractivity contribution in [3.8, 4) is 0 Å². The molecule has 1 aromatic heterocycles. The molecule has 2 atom stereocenters. The van der Waals surface area contributed by atoms with Crippen molar-refractivity contribution in [1.82, 2.24) is 14.8 Å². The van der Waals surface area contributed by atoms with Crippen LogP contribution in [0, 0.1) is 5.92 Å². The highest BCUT2D eigenvalue weighted by Gasteiger charge is 2.35. The second kappa shape index (κ2) is 6.89. The molecule has 3 heterocycles. The van der Waals surface area contributed by atoms with Gasteiger partial charge in [0.2, 0.25) is 0 Å². The lowest BCUT2D eigenvalue weighted by Gasteiger charge is -2.50. The molecule has 0 amide bonds. The quantitative estimate of drug-likeness (QED) is 0.849. The Hall–Kier alpha value is -0.930. The molecule has 0 aromatic carbocycles. The smallest absolute Gasteiger partial charge is 0.0270 e. The third-order valence-electron chi connectivity index (χ3n) is 5.29. The third-order valence-corrected chi connectivity index (χ3v) is 5.29. The zero-order valence-corrected chi connectivity index (χ0v) is 13.5. The van der Waals surface area contributed by atoms with Crippen molar-refractivity contribution in [3.05, 3.63) is 30.1 Å². The van der Waals surface area contributed by atoms with Gasteiger partial charge in [0.15, 0.2) is 0 Å². The monoisotopic (exact) mass is 287 g/mol. The number of piperidine rings is 1. The molecule has 21 heavy (non-hydrogen) atoms. The Balaban J connectivity index is 1.63. The fourth-order valence-electron chi connectivity index (χ4n) is 3.98. The van der Waals surface area contributed by atoms with Crippen LogP contribution >= 0.6 is 0 Å². The Labute approximate surface area is 129 Å². The molecule has 0 N–H and O–H groups in total. The van der Waals surface area contributed by atoms with E-state index in [2.05, 4.69) is 40.8 Å². The van der Waals surface area contributed by atoms with Crippen LogP contribution in [0.1, 0.15) is 38.7 Å². The van der Waals surface area contributed by atoms with E-state index in [1.54, 1.807) is 0 Å². The number of rotatable bonds is 4. The first-order valence-electron chi connectivity index (χ1n) is 8.61. The Morgan fingerprint density at radius 1 is 1.19 bits per heavy atom. The van der Waals surface area contributed by atoms with Crippen LogP contribution in [0.3, 0.4) is 0 Å². The number of hydrogen-bond donors (Lipinski definition) is 0. The summed E-state index contributed by atoms with van der Waals surface area (Å²) in [5.41, 5.74) is 1.42. The lowest BCUT2D eigenvalue weighted by molar-refractivity contribution is -0.00674. The summed E-state index contributed by atoms with van der Waals surface area (Å²) in [4.78, 5) is 9.64. The lowest BCUT2D eigenvalue weighted by atomic mass is 9.92. The normalized spacial score (nSPS) is 27.8. The number of piperazine rings is 1. The van der Waals surface area contributed by atoms with E-state index < -0.39 is 0 Å². The van der Waals surface area contributed by atoms with E-state index >= 15 is 0 Å². The Bertz CT molecular complexity index is 431. The number of aromatic nitrogens is 1. The van der Waals surface area contributed by atoms with Gasteiger partial charge in [-0.05, 0) is 49.4 Å². The fraction of sp³-hybridized carbons (Fsp3) is 0.722. The Morgan fingerprint density at radius 3 is 2.76 bits per heavy atom. The molecule has 3 nitrogen and oxygen atoms in total. The first kappa shape index (κ1) is 15.0. The van der Waals surface area contributed by atoms with Gasteiger partial charge < -0.3 is 0 Å². The maximum Gasteiger partial charge on any atom is 0.0270 e. The standard InChI is InChI=1S/C18H29N3/c1-15(2)18-14-20-11-4-3-5-17(20)13-21(18)12-8-16-6-9-19-10-7-16/h6-7,9-10,15,17-18H,3-5,8,11-14H2,1-2H3. The Kier molecular flexibility index (Phi) is 4.91. The molecule has 3 heteroatoms. The van der Waals surface area contributed by atoms with Crippen molar-refractivity contribution in [2.24, 2.45) is 5.92 Å². The molecule has 0 bridgehead atoms. The second-order valence-electron chi connectivity index (χ2n) is 7.06. The van der Waals surface area contributed by atoms with Gasteiger partial charge in [0, 0.05) is 44.1 Å². The summed E-state index contributed by atoms with van der Waals surface area (Å²) in [5, 5.41) is 0. The summed E-state index contributed by atoms with van der Waals surface area (Å²) in [6.45, 7) is 9.83. The molecule has 2 aliphatic heterocycles. The van der Waals surface area contributed by atoms with E-state index in [4.69, 9.17) is 0 Å². The number of pyridine rings is 1. The molecular weight excluding hydrogens is 258 g/mol. The van der Waals surface area contributed by atoms with Gasteiger partial charge in [-0.15, -0.1) is 0 Å². The number of nitrogens with zero attached hydrogens (tertiary/aromatic N) is 3. The summed E-state index contributed by atoms with van der Waals surface area (Å²) >= 11 is 0. The van der Waals surface area contributed by atoms with Crippen molar-refractivity contribution < 1.29 is 0 Å². The average molecular weight is 287 g/mol.